The second-order valence-electron chi connectivity index (χ2n) is 7.54. The fourth-order valence-corrected chi connectivity index (χ4v) is 4.32. The highest BCUT2D eigenvalue weighted by molar-refractivity contribution is 5.99. The van der Waals surface area contributed by atoms with Crippen molar-refractivity contribution >= 4 is 28.2 Å². The van der Waals surface area contributed by atoms with Gasteiger partial charge in [-0.2, -0.15) is 0 Å². The van der Waals surface area contributed by atoms with Gasteiger partial charge >= 0.3 is 5.97 Å². The van der Waals surface area contributed by atoms with Crippen molar-refractivity contribution in [2.75, 3.05) is 32.9 Å². The normalized spacial score (nSPS) is 24.7. The molecule has 0 radical (unpaired) electrons. The van der Waals surface area contributed by atoms with Gasteiger partial charge in [-0.05, 0) is 46.5 Å². The molecular formula is C22H21NO4. The molecule has 0 unspecified atom stereocenters. The van der Waals surface area contributed by atoms with Crippen LogP contribution in [0.3, 0.4) is 0 Å². The number of esters is 1. The van der Waals surface area contributed by atoms with Crippen LogP contribution < -0.4 is 0 Å². The monoisotopic (exact) mass is 363 g/mol. The molecule has 5 heteroatoms. The third-order valence-electron chi connectivity index (χ3n) is 5.89. The summed E-state index contributed by atoms with van der Waals surface area (Å²) in [6.45, 7) is 2.95. The Hall–Kier alpha value is -2.66. The minimum absolute atomic E-state index is 0.00434. The van der Waals surface area contributed by atoms with Crippen LogP contribution in [0.15, 0.2) is 42.5 Å². The molecular weight excluding hydrogens is 342 g/mol. The summed E-state index contributed by atoms with van der Waals surface area (Å²) in [6.07, 6.45) is 3.07. The molecule has 3 heterocycles. The first-order chi connectivity index (χ1) is 13.2. The first-order valence-electron chi connectivity index (χ1n) is 9.46. The van der Waals surface area contributed by atoms with Gasteiger partial charge in [0.25, 0.3) is 5.91 Å². The minimum atomic E-state index is -0.163. The maximum atomic E-state index is 12.9. The topological polar surface area (TPSA) is 55.8 Å². The average Bonchev–Trinajstić information content (AvgIpc) is 3.29. The Labute approximate surface area is 157 Å². The van der Waals surface area contributed by atoms with Gasteiger partial charge in [-0.3, -0.25) is 9.59 Å². The number of hydrogen-bond donors (Lipinski definition) is 0. The van der Waals surface area contributed by atoms with E-state index in [1.807, 2.05) is 18.2 Å². The van der Waals surface area contributed by atoms with Crippen LogP contribution >= 0.6 is 0 Å². The van der Waals surface area contributed by atoms with E-state index in [0.717, 1.165) is 23.8 Å². The van der Waals surface area contributed by atoms with Crippen molar-refractivity contribution in [2.24, 2.45) is 11.8 Å². The number of benzene rings is 2. The minimum Gasteiger partial charge on any atom is -0.465 e. The number of nitrogens with zero attached hydrogens (tertiary/aromatic N) is 1. The van der Waals surface area contributed by atoms with E-state index in [4.69, 9.17) is 9.47 Å². The Balaban J connectivity index is 1.39. The van der Waals surface area contributed by atoms with Crippen LogP contribution in [0.4, 0.5) is 0 Å². The molecule has 0 bridgehead atoms. The number of rotatable bonds is 2. The van der Waals surface area contributed by atoms with Gasteiger partial charge in [-0.25, -0.2) is 0 Å². The van der Waals surface area contributed by atoms with E-state index in [0.29, 0.717) is 31.9 Å². The SMILES string of the molecule is O=C1OC[C@H]2CN(C(=O)c3ccc4cc(C5=CCOCC5)ccc4c3)C[C@@H]12. The largest absolute Gasteiger partial charge is 0.465 e. The van der Waals surface area contributed by atoms with Crippen LogP contribution in [0.5, 0.6) is 0 Å². The summed E-state index contributed by atoms with van der Waals surface area (Å²) in [5.41, 5.74) is 3.21. The summed E-state index contributed by atoms with van der Waals surface area (Å²) in [7, 11) is 0. The van der Waals surface area contributed by atoms with Gasteiger partial charge in [0.15, 0.2) is 0 Å². The van der Waals surface area contributed by atoms with Gasteiger partial charge in [0.1, 0.15) is 0 Å². The number of ether oxygens (including phenoxy) is 2. The van der Waals surface area contributed by atoms with E-state index >= 15 is 0 Å². The van der Waals surface area contributed by atoms with Crippen LogP contribution in [0.2, 0.25) is 0 Å². The molecule has 0 aliphatic carbocycles. The number of amides is 1. The van der Waals surface area contributed by atoms with E-state index < -0.39 is 0 Å². The van der Waals surface area contributed by atoms with E-state index in [1.54, 1.807) is 4.90 Å². The van der Waals surface area contributed by atoms with Gasteiger partial charge in [-0.1, -0.05) is 24.3 Å². The maximum absolute atomic E-state index is 12.9. The third-order valence-corrected chi connectivity index (χ3v) is 5.89. The molecule has 0 aromatic heterocycles. The molecule has 5 rings (SSSR count). The Morgan fingerprint density at radius 2 is 1.93 bits per heavy atom. The Bertz CT molecular complexity index is 964. The van der Waals surface area contributed by atoms with Gasteiger partial charge in [0, 0.05) is 24.6 Å². The molecule has 5 nitrogen and oxygen atoms in total. The standard InChI is InChI=1S/C22H21NO4/c24-21(23-11-19-13-27-22(25)20(19)12-23)18-4-3-16-9-15(1-2-17(16)10-18)14-5-7-26-8-6-14/h1-5,9-10,19-20H,6-8,11-13H2/t19-,20-/m1/s1. The lowest BCUT2D eigenvalue weighted by Crippen LogP contribution is -2.30. The number of fused-ring (bicyclic) bond motifs is 2. The van der Waals surface area contributed by atoms with Crippen molar-refractivity contribution < 1.29 is 19.1 Å². The smallest absolute Gasteiger partial charge is 0.311 e. The molecule has 1 amide bonds. The predicted molar refractivity (Wildman–Crippen MR) is 101 cm³/mol. The molecule has 2 atom stereocenters. The summed E-state index contributed by atoms with van der Waals surface area (Å²) >= 11 is 0. The number of likely N-dealkylation sites (tertiary alicyclic amines) is 1. The highest BCUT2D eigenvalue weighted by Crippen LogP contribution is 2.32. The maximum Gasteiger partial charge on any atom is 0.311 e. The van der Waals surface area contributed by atoms with E-state index in [1.165, 1.54) is 11.1 Å². The van der Waals surface area contributed by atoms with Crippen molar-refractivity contribution in [1.29, 1.82) is 0 Å². The fourth-order valence-electron chi connectivity index (χ4n) is 4.32. The van der Waals surface area contributed by atoms with Crippen molar-refractivity contribution in [3.63, 3.8) is 0 Å². The number of carbonyl (C=O) groups is 2. The lowest BCUT2D eigenvalue weighted by atomic mass is 9.97. The van der Waals surface area contributed by atoms with Gasteiger partial charge in [-0.15, -0.1) is 0 Å². The van der Waals surface area contributed by atoms with Crippen LogP contribution in [0.25, 0.3) is 16.3 Å². The predicted octanol–water partition coefficient (Wildman–Crippen LogP) is 2.89. The Morgan fingerprint density at radius 3 is 2.74 bits per heavy atom. The molecule has 27 heavy (non-hydrogen) atoms. The first kappa shape index (κ1) is 16.5. The average molecular weight is 363 g/mol. The van der Waals surface area contributed by atoms with Crippen molar-refractivity contribution in [3.05, 3.63) is 53.6 Å². The van der Waals surface area contributed by atoms with Gasteiger partial charge in [0.05, 0.1) is 25.7 Å². The van der Waals surface area contributed by atoms with E-state index in [2.05, 4.69) is 24.3 Å². The highest BCUT2D eigenvalue weighted by atomic mass is 16.5. The molecule has 0 saturated carbocycles. The second-order valence-corrected chi connectivity index (χ2v) is 7.54. The summed E-state index contributed by atoms with van der Waals surface area (Å²) < 4.78 is 10.5. The molecule has 3 aliphatic heterocycles. The first-order valence-corrected chi connectivity index (χ1v) is 9.46. The summed E-state index contributed by atoms with van der Waals surface area (Å²) in [4.78, 5) is 26.4. The van der Waals surface area contributed by atoms with Gasteiger partial charge in [0.2, 0.25) is 0 Å². The van der Waals surface area contributed by atoms with Crippen LogP contribution in [-0.4, -0.2) is 49.7 Å². The molecule has 2 saturated heterocycles. The van der Waals surface area contributed by atoms with Crippen molar-refractivity contribution in [2.45, 2.75) is 6.42 Å². The number of carbonyl (C=O) groups excluding carboxylic acids is 2. The summed E-state index contributed by atoms with van der Waals surface area (Å²) in [5.74, 6) is -0.166. The molecule has 138 valence electrons. The molecule has 2 aromatic carbocycles. The molecule has 3 aliphatic rings. The zero-order valence-electron chi connectivity index (χ0n) is 15.0. The Morgan fingerprint density at radius 1 is 1.07 bits per heavy atom. The van der Waals surface area contributed by atoms with E-state index in [9.17, 15) is 9.59 Å². The van der Waals surface area contributed by atoms with Crippen LogP contribution in [-0.2, 0) is 14.3 Å². The quantitative estimate of drug-likeness (QED) is 0.770. The van der Waals surface area contributed by atoms with Crippen molar-refractivity contribution in [1.82, 2.24) is 4.90 Å². The number of hydrogen-bond acceptors (Lipinski definition) is 4. The van der Waals surface area contributed by atoms with E-state index in [-0.39, 0.29) is 23.7 Å². The zero-order valence-corrected chi connectivity index (χ0v) is 15.0. The van der Waals surface area contributed by atoms with Gasteiger partial charge < -0.3 is 14.4 Å². The van der Waals surface area contributed by atoms with Crippen LogP contribution in [0.1, 0.15) is 22.3 Å². The molecule has 0 spiro atoms. The third kappa shape index (κ3) is 2.92. The second kappa shape index (κ2) is 6.50. The van der Waals surface area contributed by atoms with Crippen LogP contribution in [0, 0.1) is 11.8 Å². The Kier molecular flexibility index (Phi) is 3.97. The number of cyclic esters (lactones) is 1. The lowest BCUT2D eigenvalue weighted by molar-refractivity contribution is -0.141. The zero-order chi connectivity index (χ0) is 18.4. The lowest BCUT2D eigenvalue weighted by Gasteiger charge is -2.18. The van der Waals surface area contributed by atoms with Crippen molar-refractivity contribution in [3.8, 4) is 0 Å². The fraction of sp³-hybridized carbons (Fsp3) is 0.364. The molecule has 2 aromatic rings. The molecule has 0 N–H and O–H groups in total. The summed E-state index contributed by atoms with van der Waals surface area (Å²) in [5, 5.41) is 2.18. The summed E-state index contributed by atoms with van der Waals surface area (Å²) in [6, 6.07) is 12.2. The molecule has 2 fully saturated rings. The highest BCUT2D eigenvalue weighted by Gasteiger charge is 2.45.